The average Bonchev–Trinajstić information content (AvgIpc) is 3.09. The Morgan fingerprint density at radius 1 is 1.17 bits per heavy atom. The summed E-state index contributed by atoms with van der Waals surface area (Å²) in [5.74, 6) is -0.133. The number of rotatable bonds is 7. The van der Waals surface area contributed by atoms with E-state index in [-0.39, 0.29) is 30.2 Å². The van der Waals surface area contributed by atoms with Crippen LogP contribution in [0.3, 0.4) is 0 Å². The molecule has 0 aliphatic rings. The topological polar surface area (TPSA) is 77.8 Å². The summed E-state index contributed by atoms with van der Waals surface area (Å²) in [6, 6.07) is 9.27. The van der Waals surface area contributed by atoms with Crippen LogP contribution in [0.4, 0.5) is 4.39 Å². The standard InChI is InChI=1S/C23H24FNO5/c1-13(2)29-18-12-17-19(11-15(18)7-10-20(26)28-4)30-22(21(17)23(27)25-3)14-5-8-16(24)9-6-14/h5-6,8-9,11-13H,7,10H2,1-4H3,(H,25,27). The SMILES string of the molecule is CNC(=O)c1c(-c2ccc(F)cc2)oc2cc(CCC(=O)OC)c(OC(C)C)cc12. The van der Waals surface area contributed by atoms with Crippen LogP contribution in [0.1, 0.15) is 36.2 Å². The van der Waals surface area contributed by atoms with E-state index in [2.05, 4.69) is 5.32 Å². The number of benzene rings is 2. The van der Waals surface area contributed by atoms with Gasteiger partial charge in [0.1, 0.15) is 22.9 Å². The van der Waals surface area contributed by atoms with Crippen molar-refractivity contribution in [3.63, 3.8) is 0 Å². The molecule has 1 aromatic heterocycles. The number of hydrogen-bond donors (Lipinski definition) is 1. The zero-order valence-corrected chi connectivity index (χ0v) is 17.4. The van der Waals surface area contributed by atoms with Crippen molar-refractivity contribution in [3.8, 4) is 17.1 Å². The Labute approximate surface area is 174 Å². The van der Waals surface area contributed by atoms with Crippen LogP contribution >= 0.6 is 0 Å². The first kappa shape index (κ1) is 21.4. The quantitative estimate of drug-likeness (QED) is 0.578. The van der Waals surface area contributed by atoms with Gasteiger partial charge in [0.05, 0.1) is 18.8 Å². The van der Waals surface area contributed by atoms with Crippen LogP contribution in [0, 0.1) is 5.82 Å². The molecule has 0 fully saturated rings. The molecule has 0 aliphatic heterocycles. The van der Waals surface area contributed by atoms with Gasteiger partial charge in [-0.2, -0.15) is 0 Å². The number of fused-ring (bicyclic) bond motifs is 1. The second-order valence-corrected chi connectivity index (χ2v) is 7.09. The van der Waals surface area contributed by atoms with Crippen molar-refractivity contribution in [2.75, 3.05) is 14.2 Å². The van der Waals surface area contributed by atoms with Gasteiger partial charge in [0.25, 0.3) is 5.91 Å². The third kappa shape index (κ3) is 4.45. The van der Waals surface area contributed by atoms with E-state index in [9.17, 15) is 14.0 Å². The monoisotopic (exact) mass is 413 g/mol. The van der Waals surface area contributed by atoms with Gasteiger partial charge in [0.2, 0.25) is 0 Å². The Bertz CT molecular complexity index is 1070. The second kappa shape index (κ2) is 8.98. The zero-order valence-electron chi connectivity index (χ0n) is 17.4. The van der Waals surface area contributed by atoms with Crippen molar-refractivity contribution in [1.29, 1.82) is 0 Å². The van der Waals surface area contributed by atoms with Gasteiger partial charge >= 0.3 is 5.97 Å². The molecule has 3 rings (SSSR count). The van der Waals surface area contributed by atoms with Gasteiger partial charge in [-0.3, -0.25) is 9.59 Å². The predicted molar refractivity (Wildman–Crippen MR) is 111 cm³/mol. The lowest BCUT2D eigenvalue weighted by molar-refractivity contribution is -0.140. The van der Waals surface area contributed by atoms with E-state index < -0.39 is 0 Å². The lowest BCUT2D eigenvalue weighted by atomic mass is 10.0. The first-order valence-corrected chi connectivity index (χ1v) is 9.65. The predicted octanol–water partition coefficient (Wildman–Crippen LogP) is 4.49. The fourth-order valence-corrected chi connectivity index (χ4v) is 3.22. The van der Waals surface area contributed by atoms with Crippen molar-refractivity contribution < 1.29 is 27.9 Å². The Balaban J connectivity index is 2.19. The molecule has 0 bridgehead atoms. The van der Waals surface area contributed by atoms with Crippen molar-refractivity contribution in [2.45, 2.75) is 32.8 Å². The first-order chi connectivity index (χ1) is 14.3. The minimum absolute atomic E-state index is 0.105. The van der Waals surface area contributed by atoms with Gasteiger partial charge in [0.15, 0.2) is 0 Å². The van der Waals surface area contributed by atoms with Gasteiger partial charge in [-0.05, 0) is 62.2 Å². The summed E-state index contributed by atoms with van der Waals surface area (Å²) >= 11 is 0. The number of halogens is 1. The molecule has 3 aromatic rings. The van der Waals surface area contributed by atoms with Gasteiger partial charge in [0, 0.05) is 24.4 Å². The summed E-state index contributed by atoms with van der Waals surface area (Å²) in [6.07, 6.45) is 0.475. The zero-order chi connectivity index (χ0) is 21.8. The van der Waals surface area contributed by atoms with Crippen LogP contribution in [0.15, 0.2) is 40.8 Å². The number of amides is 1. The average molecular weight is 413 g/mol. The summed E-state index contributed by atoms with van der Waals surface area (Å²) in [5, 5.41) is 3.20. The van der Waals surface area contributed by atoms with Crippen molar-refractivity contribution >= 4 is 22.8 Å². The summed E-state index contributed by atoms with van der Waals surface area (Å²) in [4.78, 5) is 24.3. The number of esters is 1. The lowest BCUT2D eigenvalue weighted by Crippen LogP contribution is -2.18. The highest BCUT2D eigenvalue weighted by atomic mass is 19.1. The highest BCUT2D eigenvalue weighted by molar-refractivity contribution is 6.11. The van der Waals surface area contributed by atoms with Crippen LogP contribution in [0.5, 0.6) is 5.75 Å². The number of ether oxygens (including phenoxy) is 2. The highest BCUT2D eigenvalue weighted by Gasteiger charge is 2.24. The summed E-state index contributed by atoms with van der Waals surface area (Å²) < 4.78 is 30.1. The van der Waals surface area contributed by atoms with E-state index in [0.29, 0.717) is 40.0 Å². The molecule has 0 aliphatic carbocycles. The molecule has 7 heteroatoms. The third-order valence-electron chi connectivity index (χ3n) is 4.62. The minimum Gasteiger partial charge on any atom is -0.491 e. The Morgan fingerprint density at radius 2 is 1.87 bits per heavy atom. The summed E-state index contributed by atoms with van der Waals surface area (Å²) in [5.41, 5.74) is 2.16. The van der Waals surface area contributed by atoms with Crippen molar-refractivity contribution in [3.05, 3.63) is 53.3 Å². The third-order valence-corrected chi connectivity index (χ3v) is 4.62. The van der Waals surface area contributed by atoms with E-state index in [0.717, 1.165) is 5.56 Å². The second-order valence-electron chi connectivity index (χ2n) is 7.09. The van der Waals surface area contributed by atoms with E-state index in [4.69, 9.17) is 13.9 Å². The molecule has 1 heterocycles. The molecule has 158 valence electrons. The summed E-state index contributed by atoms with van der Waals surface area (Å²) in [7, 11) is 2.88. The van der Waals surface area contributed by atoms with Crippen LogP contribution in [-0.4, -0.2) is 32.1 Å². The maximum atomic E-state index is 13.4. The smallest absolute Gasteiger partial charge is 0.305 e. The molecule has 0 unspecified atom stereocenters. The van der Waals surface area contributed by atoms with E-state index in [1.54, 1.807) is 24.3 Å². The number of aryl methyl sites for hydroxylation is 1. The number of hydrogen-bond acceptors (Lipinski definition) is 5. The Morgan fingerprint density at radius 3 is 2.47 bits per heavy atom. The first-order valence-electron chi connectivity index (χ1n) is 9.65. The summed E-state index contributed by atoms with van der Waals surface area (Å²) in [6.45, 7) is 3.79. The lowest BCUT2D eigenvalue weighted by Gasteiger charge is -2.14. The van der Waals surface area contributed by atoms with E-state index in [1.165, 1.54) is 26.3 Å². The molecule has 6 nitrogen and oxygen atoms in total. The van der Waals surface area contributed by atoms with Gasteiger partial charge in [-0.15, -0.1) is 0 Å². The van der Waals surface area contributed by atoms with Gasteiger partial charge < -0.3 is 19.2 Å². The molecule has 0 atom stereocenters. The van der Waals surface area contributed by atoms with E-state index in [1.807, 2.05) is 13.8 Å². The minimum atomic E-state index is -0.380. The number of methoxy groups -OCH3 is 1. The van der Waals surface area contributed by atoms with Gasteiger partial charge in [-0.1, -0.05) is 0 Å². The number of nitrogens with one attached hydrogen (secondary N) is 1. The largest absolute Gasteiger partial charge is 0.491 e. The molecule has 0 spiro atoms. The van der Waals surface area contributed by atoms with Gasteiger partial charge in [-0.25, -0.2) is 4.39 Å². The molecule has 0 radical (unpaired) electrons. The van der Waals surface area contributed by atoms with E-state index >= 15 is 0 Å². The number of carbonyl (C=O) groups is 2. The number of carbonyl (C=O) groups excluding carboxylic acids is 2. The van der Waals surface area contributed by atoms with Crippen LogP contribution in [-0.2, 0) is 16.0 Å². The molecule has 0 saturated heterocycles. The Kier molecular flexibility index (Phi) is 6.40. The molecule has 1 amide bonds. The molecule has 1 N–H and O–H groups in total. The Hall–Kier alpha value is -3.35. The molecule has 2 aromatic carbocycles. The highest BCUT2D eigenvalue weighted by Crippen LogP contribution is 2.38. The van der Waals surface area contributed by atoms with Crippen molar-refractivity contribution in [2.24, 2.45) is 0 Å². The molecule has 0 saturated carbocycles. The maximum absolute atomic E-state index is 13.4. The normalized spacial score (nSPS) is 11.0. The van der Waals surface area contributed by atoms with Crippen LogP contribution in [0.25, 0.3) is 22.3 Å². The van der Waals surface area contributed by atoms with Crippen LogP contribution < -0.4 is 10.1 Å². The molecular weight excluding hydrogens is 389 g/mol. The van der Waals surface area contributed by atoms with Crippen LogP contribution in [0.2, 0.25) is 0 Å². The fraction of sp³-hybridized carbons (Fsp3) is 0.304. The molecule has 30 heavy (non-hydrogen) atoms. The fourth-order valence-electron chi connectivity index (χ4n) is 3.22. The molecular formula is C23H24FNO5. The van der Waals surface area contributed by atoms with Crippen molar-refractivity contribution in [1.82, 2.24) is 5.32 Å². The maximum Gasteiger partial charge on any atom is 0.305 e. The number of furan rings is 1.